The van der Waals surface area contributed by atoms with Gasteiger partial charge in [0.2, 0.25) is 0 Å². The van der Waals surface area contributed by atoms with Gasteiger partial charge in [0, 0.05) is 0 Å². The molecule has 0 N–H and O–H groups in total. The maximum absolute atomic E-state index is 3.91. The van der Waals surface area contributed by atoms with Crippen LogP contribution in [0.2, 0.25) is 0 Å². The summed E-state index contributed by atoms with van der Waals surface area (Å²) < 4.78 is 0. The molecule has 0 aromatic rings. The molecule has 0 amide bonds. The molecule has 154 valence electrons. The van der Waals surface area contributed by atoms with Crippen LogP contribution in [0.15, 0.2) is 12.2 Å². The van der Waals surface area contributed by atoms with Crippen LogP contribution in [0, 0.1) is 25.7 Å². The highest BCUT2D eigenvalue weighted by molar-refractivity contribution is 4.82. The molecule has 0 heterocycles. The van der Waals surface area contributed by atoms with Crippen molar-refractivity contribution >= 4 is 0 Å². The summed E-state index contributed by atoms with van der Waals surface area (Å²) >= 11 is 0. The largest absolute Gasteiger partial charge is 0.0885 e. The van der Waals surface area contributed by atoms with Gasteiger partial charge in [0.15, 0.2) is 0 Å². The first kappa shape index (κ1) is 25.7. The number of hydrogen-bond donors (Lipinski definition) is 0. The molecule has 0 rings (SSSR count). The zero-order valence-electron chi connectivity index (χ0n) is 18.5. The highest BCUT2D eigenvalue weighted by atomic mass is 14.2. The van der Waals surface area contributed by atoms with Gasteiger partial charge in [-0.2, -0.15) is 0 Å². The molecule has 2 radical (unpaired) electrons. The number of allylic oxidation sites excluding steroid dienone is 2. The third-order valence-electron chi connectivity index (χ3n) is 5.80. The lowest BCUT2D eigenvalue weighted by Gasteiger charge is -2.20. The molecule has 26 heavy (non-hydrogen) atoms. The second-order valence-electron chi connectivity index (χ2n) is 8.58. The van der Waals surface area contributed by atoms with Gasteiger partial charge >= 0.3 is 0 Å². The van der Waals surface area contributed by atoms with Crippen LogP contribution in [-0.2, 0) is 0 Å². The van der Waals surface area contributed by atoms with Gasteiger partial charge in [-0.05, 0) is 38.0 Å². The lowest BCUT2D eigenvalue weighted by Crippen LogP contribution is -2.08. The van der Waals surface area contributed by atoms with Crippen molar-refractivity contribution in [1.29, 1.82) is 0 Å². The van der Waals surface area contributed by atoms with Gasteiger partial charge in [-0.1, -0.05) is 129 Å². The monoisotopic (exact) mass is 362 g/mol. The van der Waals surface area contributed by atoms with Gasteiger partial charge in [-0.15, -0.1) is 0 Å². The smallest absolute Gasteiger partial charge is 0.0351 e. The van der Waals surface area contributed by atoms with Crippen LogP contribution >= 0.6 is 0 Å². The Kier molecular flexibility index (Phi) is 20.8. The molecule has 0 aliphatic carbocycles. The first-order chi connectivity index (χ1) is 12.7. The van der Waals surface area contributed by atoms with Gasteiger partial charge in [0.1, 0.15) is 0 Å². The molecule has 0 heteroatoms. The normalized spacial score (nSPS) is 13.1. The van der Waals surface area contributed by atoms with Crippen molar-refractivity contribution in [2.45, 2.75) is 129 Å². The Morgan fingerprint density at radius 3 is 1.50 bits per heavy atom. The molecule has 0 aliphatic heterocycles. The zero-order chi connectivity index (χ0) is 19.3. The molecule has 0 bridgehead atoms. The van der Waals surface area contributed by atoms with Crippen molar-refractivity contribution in [3.8, 4) is 0 Å². The molecule has 1 unspecified atom stereocenters. The van der Waals surface area contributed by atoms with Crippen molar-refractivity contribution in [3.05, 3.63) is 26.0 Å². The molecule has 0 aromatic carbocycles. The fourth-order valence-corrected chi connectivity index (χ4v) is 3.89. The van der Waals surface area contributed by atoms with Crippen LogP contribution in [0.3, 0.4) is 0 Å². The van der Waals surface area contributed by atoms with E-state index in [4.69, 9.17) is 0 Å². The van der Waals surface area contributed by atoms with Crippen LogP contribution in [0.25, 0.3) is 0 Å². The summed E-state index contributed by atoms with van der Waals surface area (Å²) in [6.07, 6.45) is 29.3. The summed E-state index contributed by atoms with van der Waals surface area (Å²) in [5.74, 6) is 1.80. The predicted octanol–water partition coefficient (Wildman–Crippen LogP) is 9.50. The summed E-state index contributed by atoms with van der Waals surface area (Å²) in [5.41, 5.74) is 0. The summed E-state index contributed by atoms with van der Waals surface area (Å²) in [4.78, 5) is 0. The van der Waals surface area contributed by atoms with E-state index in [0.29, 0.717) is 0 Å². The van der Waals surface area contributed by atoms with Crippen LogP contribution in [0.4, 0.5) is 0 Å². The molecule has 0 saturated carbocycles. The molecular weight excluding hydrogens is 312 g/mol. The van der Waals surface area contributed by atoms with Crippen molar-refractivity contribution in [2.75, 3.05) is 0 Å². The second-order valence-corrected chi connectivity index (χ2v) is 8.58. The predicted molar refractivity (Wildman–Crippen MR) is 121 cm³/mol. The minimum Gasteiger partial charge on any atom is -0.0885 e. The van der Waals surface area contributed by atoms with Crippen molar-refractivity contribution in [3.63, 3.8) is 0 Å². The van der Waals surface area contributed by atoms with Gasteiger partial charge in [0.05, 0.1) is 0 Å². The molecule has 0 nitrogen and oxygen atoms in total. The second kappa shape index (κ2) is 21.0. The Balaban J connectivity index is 3.44. The third kappa shape index (κ3) is 18.5. The summed E-state index contributed by atoms with van der Waals surface area (Å²) in [6, 6.07) is 0. The van der Waals surface area contributed by atoms with E-state index in [1.165, 1.54) is 103 Å². The Morgan fingerprint density at radius 1 is 0.577 bits per heavy atom. The fraction of sp³-hybridized carbons (Fsp3) is 0.846. The van der Waals surface area contributed by atoms with Gasteiger partial charge < -0.3 is 0 Å². The summed E-state index contributed by atoms with van der Waals surface area (Å²) in [5, 5.41) is 0. The molecule has 0 aromatic heterocycles. The van der Waals surface area contributed by atoms with Crippen LogP contribution in [-0.4, -0.2) is 0 Å². The van der Waals surface area contributed by atoms with E-state index in [1.54, 1.807) is 0 Å². The first-order valence-electron chi connectivity index (χ1n) is 12.0. The van der Waals surface area contributed by atoms with Gasteiger partial charge in [-0.3, -0.25) is 0 Å². The van der Waals surface area contributed by atoms with E-state index in [-0.39, 0.29) is 0 Å². The quantitative estimate of drug-likeness (QED) is 0.149. The minimum atomic E-state index is 0.855. The number of hydrogen-bond acceptors (Lipinski definition) is 0. The molecule has 0 fully saturated rings. The molecule has 0 aliphatic rings. The summed E-state index contributed by atoms with van der Waals surface area (Å²) in [7, 11) is 0. The van der Waals surface area contributed by atoms with Gasteiger partial charge in [0.25, 0.3) is 0 Å². The molecule has 1 atom stereocenters. The van der Waals surface area contributed by atoms with Crippen LogP contribution in [0.1, 0.15) is 129 Å². The highest BCUT2D eigenvalue weighted by Gasteiger charge is 2.12. The lowest BCUT2D eigenvalue weighted by molar-refractivity contribution is 0.314. The van der Waals surface area contributed by atoms with E-state index in [0.717, 1.165) is 24.7 Å². The number of rotatable bonds is 20. The van der Waals surface area contributed by atoms with E-state index >= 15 is 0 Å². The lowest BCUT2D eigenvalue weighted by atomic mass is 9.86. The van der Waals surface area contributed by atoms with Crippen LogP contribution < -0.4 is 0 Å². The topological polar surface area (TPSA) is 0 Å². The minimum absolute atomic E-state index is 0.855. The standard InChI is InChI=1S/C26H50/c1-5-7-9-11-13-14-15-16-17-18-20-22-24-26(25(3)4)23-21-19-12-10-8-6-2/h8,10,25-26H,1-2,5-7,9,11-24H2,3-4H3/b10-8+. The van der Waals surface area contributed by atoms with E-state index in [2.05, 4.69) is 39.8 Å². The maximum atomic E-state index is 3.91. The molecule has 0 saturated heterocycles. The Morgan fingerprint density at radius 2 is 1.04 bits per heavy atom. The third-order valence-corrected chi connectivity index (χ3v) is 5.80. The van der Waals surface area contributed by atoms with E-state index < -0.39 is 0 Å². The SMILES string of the molecule is [CH2]C/C=C/CCCCC(CCCCCCCCCCCCC[CH2])C(C)C. The number of unbranched alkanes of at least 4 members (excludes halogenated alkanes) is 13. The molecular formula is C26H50. The Hall–Kier alpha value is -0.260. The van der Waals surface area contributed by atoms with Crippen molar-refractivity contribution in [2.24, 2.45) is 11.8 Å². The zero-order valence-corrected chi connectivity index (χ0v) is 18.5. The van der Waals surface area contributed by atoms with E-state index in [9.17, 15) is 0 Å². The highest BCUT2D eigenvalue weighted by Crippen LogP contribution is 2.25. The first-order valence-corrected chi connectivity index (χ1v) is 12.0. The molecule has 0 spiro atoms. The van der Waals surface area contributed by atoms with Crippen molar-refractivity contribution in [1.82, 2.24) is 0 Å². The van der Waals surface area contributed by atoms with Crippen molar-refractivity contribution < 1.29 is 0 Å². The Labute approximate surface area is 167 Å². The maximum Gasteiger partial charge on any atom is -0.0351 e. The van der Waals surface area contributed by atoms with Crippen LogP contribution in [0.5, 0.6) is 0 Å². The Bertz CT molecular complexity index is 276. The average molecular weight is 363 g/mol. The van der Waals surface area contributed by atoms with Gasteiger partial charge in [-0.25, -0.2) is 0 Å². The fourth-order valence-electron chi connectivity index (χ4n) is 3.89. The van der Waals surface area contributed by atoms with E-state index in [1.807, 2.05) is 0 Å². The summed E-state index contributed by atoms with van der Waals surface area (Å²) in [6.45, 7) is 12.6. The average Bonchev–Trinajstić information content (AvgIpc) is 2.63.